The largest absolute Gasteiger partial charge is 0.382 e. The molecule has 0 saturated carbocycles. The van der Waals surface area contributed by atoms with Gasteiger partial charge in [0, 0.05) is 36.9 Å². The van der Waals surface area contributed by atoms with Gasteiger partial charge in [-0.1, -0.05) is 11.6 Å². The van der Waals surface area contributed by atoms with Crippen LogP contribution in [0.2, 0.25) is 5.02 Å². The molecule has 0 aliphatic carbocycles. The summed E-state index contributed by atoms with van der Waals surface area (Å²) < 4.78 is 5.27. The number of rotatable bonds is 7. The molecule has 1 heterocycles. The second kappa shape index (κ2) is 7.99. The van der Waals surface area contributed by atoms with Crippen molar-refractivity contribution in [2.75, 3.05) is 24.7 Å². The Balaban J connectivity index is 2.14. The van der Waals surface area contributed by atoms with Crippen molar-refractivity contribution in [1.29, 1.82) is 0 Å². The smallest absolute Gasteiger partial charge is 0.246 e. The molecule has 1 aromatic rings. The number of hydrogen-bond donors (Lipinski definition) is 1. The van der Waals surface area contributed by atoms with Gasteiger partial charge in [0.25, 0.3) is 0 Å². The molecule has 0 spiro atoms. The van der Waals surface area contributed by atoms with Gasteiger partial charge in [-0.2, -0.15) is 0 Å². The second-order valence-electron chi connectivity index (χ2n) is 6.24. The van der Waals surface area contributed by atoms with E-state index in [0.717, 1.165) is 17.7 Å². The van der Waals surface area contributed by atoms with E-state index in [1.165, 1.54) is 0 Å². The number of carbonyl (C=O) groups excluding carboxylic acids is 2. The lowest BCUT2D eigenvalue weighted by molar-refractivity contribution is -0.127. The van der Waals surface area contributed by atoms with Gasteiger partial charge >= 0.3 is 0 Å². The van der Waals surface area contributed by atoms with Crippen molar-refractivity contribution in [1.82, 2.24) is 5.32 Å². The molecule has 2 amide bonds. The molecule has 0 bridgehead atoms. The van der Waals surface area contributed by atoms with Crippen LogP contribution in [0.25, 0.3) is 0 Å². The van der Waals surface area contributed by atoms with Crippen molar-refractivity contribution in [3.8, 4) is 0 Å². The first-order chi connectivity index (χ1) is 11.4. The van der Waals surface area contributed by atoms with Gasteiger partial charge in [0.05, 0.1) is 0 Å². The normalized spacial score (nSPS) is 20.5. The number of ether oxygens (including phenoxy) is 1. The number of amides is 2. The van der Waals surface area contributed by atoms with E-state index < -0.39 is 5.54 Å². The van der Waals surface area contributed by atoms with Gasteiger partial charge in [-0.25, -0.2) is 0 Å². The molecule has 5 nitrogen and oxygen atoms in total. The molecule has 0 aromatic heterocycles. The quantitative estimate of drug-likeness (QED) is 0.767. The summed E-state index contributed by atoms with van der Waals surface area (Å²) in [6.07, 6.45) is 1.62. The number of aryl methyl sites for hydroxylation is 1. The molecule has 132 valence electrons. The summed E-state index contributed by atoms with van der Waals surface area (Å²) >= 11 is 6.01. The van der Waals surface area contributed by atoms with Crippen molar-refractivity contribution in [3.63, 3.8) is 0 Å². The van der Waals surface area contributed by atoms with Gasteiger partial charge < -0.3 is 10.1 Å². The molecule has 1 N–H and O–H groups in total. The maximum Gasteiger partial charge on any atom is 0.246 e. The molecule has 1 fully saturated rings. The fourth-order valence-electron chi connectivity index (χ4n) is 3.05. The molecule has 0 radical (unpaired) electrons. The highest BCUT2D eigenvalue weighted by Crippen LogP contribution is 2.37. The first kappa shape index (κ1) is 18.7. The predicted molar refractivity (Wildman–Crippen MR) is 95.4 cm³/mol. The van der Waals surface area contributed by atoms with Crippen LogP contribution in [0.4, 0.5) is 5.69 Å². The van der Waals surface area contributed by atoms with Gasteiger partial charge in [-0.3, -0.25) is 14.5 Å². The van der Waals surface area contributed by atoms with Gasteiger partial charge in [0.15, 0.2) is 0 Å². The molecule has 6 heteroatoms. The number of hydrogen-bond acceptors (Lipinski definition) is 3. The number of halogens is 1. The average molecular weight is 353 g/mol. The zero-order valence-electron chi connectivity index (χ0n) is 14.5. The Labute approximate surface area is 148 Å². The van der Waals surface area contributed by atoms with Gasteiger partial charge in [0.2, 0.25) is 11.8 Å². The predicted octanol–water partition coefficient (Wildman–Crippen LogP) is 3.08. The Morgan fingerprint density at radius 3 is 2.88 bits per heavy atom. The minimum atomic E-state index is -0.874. The van der Waals surface area contributed by atoms with Crippen LogP contribution in [0, 0.1) is 6.92 Å². The number of carbonyl (C=O) groups is 2. The van der Waals surface area contributed by atoms with E-state index in [-0.39, 0.29) is 11.8 Å². The van der Waals surface area contributed by atoms with Gasteiger partial charge in [0.1, 0.15) is 5.54 Å². The van der Waals surface area contributed by atoms with Crippen molar-refractivity contribution >= 4 is 29.1 Å². The van der Waals surface area contributed by atoms with E-state index >= 15 is 0 Å². The van der Waals surface area contributed by atoms with E-state index in [4.69, 9.17) is 16.3 Å². The SMILES string of the molecule is CCOCCCNC(=O)C1(C)CCC(=O)N1c1ccc(Cl)cc1C. The summed E-state index contributed by atoms with van der Waals surface area (Å²) in [5.74, 6) is -0.161. The van der Waals surface area contributed by atoms with Crippen LogP contribution in [0.3, 0.4) is 0 Å². The Morgan fingerprint density at radius 1 is 1.46 bits per heavy atom. The molecule has 24 heavy (non-hydrogen) atoms. The summed E-state index contributed by atoms with van der Waals surface area (Å²) in [5.41, 5.74) is 0.753. The summed E-state index contributed by atoms with van der Waals surface area (Å²) in [7, 11) is 0. The van der Waals surface area contributed by atoms with E-state index in [1.807, 2.05) is 32.9 Å². The standard InChI is InChI=1S/C18H25ClN2O3/c1-4-24-11-5-10-20-17(23)18(3)9-8-16(22)21(18)15-7-6-14(19)12-13(15)2/h6-7,12H,4-5,8-11H2,1-3H3,(H,20,23). The fourth-order valence-corrected chi connectivity index (χ4v) is 3.27. The maximum atomic E-state index is 12.7. The van der Waals surface area contributed by atoms with Crippen LogP contribution in [-0.4, -0.2) is 37.1 Å². The van der Waals surface area contributed by atoms with E-state index in [9.17, 15) is 9.59 Å². The van der Waals surface area contributed by atoms with Gasteiger partial charge in [-0.15, -0.1) is 0 Å². The van der Waals surface area contributed by atoms with Crippen LogP contribution >= 0.6 is 11.6 Å². The molecular formula is C18H25ClN2O3. The lowest BCUT2D eigenvalue weighted by atomic mass is 9.96. The van der Waals surface area contributed by atoms with Gasteiger partial charge in [-0.05, 0) is 57.4 Å². The lowest BCUT2D eigenvalue weighted by Crippen LogP contribution is -2.55. The first-order valence-corrected chi connectivity index (χ1v) is 8.73. The molecule has 1 unspecified atom stereocenters. The van der Waals surface area contributed by atoms with E-state index in [1.54, 1.807) is 11.0 Å². The summed E-state index contributed by atoms with van der Waals surface area (Å²) in [6.45, 7) is 7.49. The Hall–Kier alpha value is -1.59. The van der Waals surface area contributed by atoms with Crippen molar-refractivity contribution in [2.45, 2.75) is 45.6 Å². The highest BCUT2D eigenvalue weighted by molar-refractivity contribution is 6.30. The summed E-state index contributed by atoms with van der Waals surface area (Å²) in [4.78, 5) is 26.8. The highest BCUT2D eigenvalue weighted by atomic mass is 35.5. The third-order valence-corrected chi connectivity index (χ3v) is 4.65. The van der Waals surface area contributed by atoms with Crippen LogP contribution < -0.4 is 10.2 Å². The van der Waals surface area contributed by atoms with Crippen molar-refractivity contribution < 1.29 is 14.3 Å². The van der Waals surface area contributed by atoms with Crippen LogP contribution in [-0.2, 0) is 14.3 Å². The minimum Gasteiger partial charge on any atom is -0.382 e. The minimum absolute atomic E-state index is 0.0348. The lowest BCUT2D eigenvalue weighted by Gasteiger charge is -2.35. The fraction of sp³-hybridized carbons (Fsp3) is 0.556. The molecule has 1 saturated heterocycles. The first-order valence-electron chi connectivity index (χ1n) is 8.35. The zero-order chi connectivity index (χ0) is 17.7. The average Bonchev–Trinajstić information content (AvgIpc) is 2.84. The van der Waals surface area contributed by atoms with Crippen molar-refractivity contribution in [2.24, 2.45) is 0 Å². The molecule has 1 aliphatic rings. The topological polar surface area (TPSA) is 58.6 Å². The van der Waals surface area contributed by atoms with Crippen LogP contribution in [0.1, 0.15) is 38.7 Å². The Bertz CT molecular complexity index is 620. The third-order valence-electron chi connectivity index (χ3n) is 4.41. The van der Waals surface area contributed by atoms with Crippen LogP contribution in [0.15, 0.2) is 18.2 Å². The number of nitrogens with one attached hydrogen (secondary N) is 1. The maximum absolute atomic E-state index is 12.7. The summed E-state index contributed by atoms with van der Waals surface area (Å²) in [5, 5.41) is 3.55. The van der Waals surface area contributed by atoms with Crippen molar-refractivity contribution in [3.05, 3.63) is 28.8 Å². The molecule has 2 rings (SSSR count). The highest BCUT2D eigenvalue weighted by Gasteiger charge is 2.48. The van der Waals surface area contributed by atoms with Crippen LogP contribution in [0.5, 0.6) is 0 Å². The third kappa shape index (κ3) is 3.90. The van der Waals surface area contributed by atoms with E-state index in [2.05, 4.69) is 5.32 Å². The molecule has 1 aromatic carbocycles. The number of nitrogens with zero attached hydrogens (tertiary/aromatic N) is 1. The molecule has 1 atom stereocenters. The second-order valence-corrected chi connectivity index (χ2v) is 6.68. The molecule has 1 aliphatic heterocycles. The molecular weight excluding hydrogens is 328 g/mol. The zero-order valence-corrected chi connectivity index (χ0v) is 15.3. The Kier molecular flexibility index (Phi) is 6.24. The van der Waals surface area contributed by atoms with E-state index in [0.29, 0.717) is 37.6 Å². The number of benzene rings is 1. The monoisotopic (exact) mass is 352 g/mol. The number of anilines is 1. The summed E-state index contributed by atoms with van der Waals surface area (Å²) in [6, 6.07) is 5.36. The Morgan fingerprint density at radius 2 is 2.21 bits per heavy atom.